The Morgan fingerprint density at radius 2 is 1.89 bits per heavy atom. The van der Waals surface area contributed by atoms with Gasteiger partial charge in [0, 0.05) is 18.1 Å². The fraction of sp³-hybridized carbons (Fsp3) is 0.238. The summed E-state index contributed by atoms with van der Waals surface area (Å²) in [6, 6.07) is 15.3. The van der Waals surface area contributed by atoms with Gasteiger partial charge in [-0.2, -0.15) is 5.10 Å². The van der Waals surface area contributed by atoms with Crippen LogP contribution in [-0.4, -0.2) is 42.0 Å². The maximum absolute atomic E-state index is 13.0. The van der Waals surface area contributed by atoms with Crippen LogP contribution < -0.4 is 10.2 Å². The number of nitrogens with zero attached hydrogens (tertiary/aromatic N) is 3. The first-order chi connectivity index (χ1) is 13.6. The molecular weight excluding hydrogens is 376 g/mol. The fourth-order valence-electron chi connectivity index (χ4n) is 3.34. The number of benzene rings is 2. The molecule has 28 heavy (non-hydrogen) atoms. The predicted octanol–water partition coefficient (Wildman–Crippen LogP) is 3.92. The lowest BCUT2D eigenvalue weighted by molar-refractivity contribution is 0.102. The summed E-state index contributed by atoms with van der Waals surface area (Å²) < 4.78 is 7.19. The van der Waals surface area contributed by atoms with Gasteiger partial charge < -0.3 is 15.0 Å². The molecule has 1 N–H and O–H groups in total. The molecular formula is C21H21ClN4O2. The molecule has 6 nitrogen and oxygen atoms in total. The van der Waals surface area contributed by atoms with E-state index in [1.807, 2.05) is 49.4 Å². The third kappa shape index (κ3) is 3.74. The largest absolute Gasteiger partial charge is 0.378 e. The molecule has 1 fully saturated rings. The smallest absolute Gasteiger partial charge is 0.259 e. The molecule has 4 rings (SSSR count). The third-order valence-corrected chi connectivity index (χ3v) is 5.05. The summed E-state index contributed by atoms with van der Waals surface area (Å²) in [4.78, 5) is 15.2. The molecule has 0 aliphatic carbocycles. The molecule has 1 aromatic heterocycles. The lowest BCUT2D eigenvalue weighted by atomic mass is 10.2. The third-order valence-electron chi connectivity index (χ3n) is 4.81. The molecule has 0 spiro atoms. The van der Waals surface area contributed by atoms with Crippen LogP contribution in [0.4, 0.5) is 11.4 Å². The van der Waals surface area contributed by atoms with Crippen molar-refractivity contribution in [2.45, 2.75) is 6.92 Å². The molecule has 1 aliphatic heterocycles. The molecule has 0 unspecified atom stereocenters. The number of para-hydroxylation sites is 1. The van der Waals surface area contributed by atoms with Crippen molar-refractivity contribution in [1.82, 2.24) is 9.78 Å². The lowest BCUT2D eigenvalue weighted by Gasteiger charge is -2.30. The van der Waals surface area contributed by atoms with Crippen molar-refractivity contribution in [3.63, 3.8) is 0 Å². The van der Waals surface area contributed by atoms with E-state index in [2.05, 4.69) is 15.3 Å². The van der Waals surface area contributed by atoms with E-state index in [4.69, 9.17) is 16.3 Å². The summed E-state index contributed by atoms with van der Waals surface area (Å²) in [5.41, 5.74) is 3.84. The van der Waals surface area contributed by atoms with E-state index in [-0.39, 0.29) is 5.91 Å². The minimum atomic E-state index is -0.212. The van der Waals surface area contributed by atoms with Crippen LogP contribution in [0, 0.1) is 6.92 Å². The molecule has 1 saturated heterocycles. The molecule has 0 saturated carbocycles. The van der Waals surface area contributed by atoms with Crippen molar-refractivity contribution < 1.29 is 9.53 Å². The lowest BCUT2D eigenvalue weighted by Crippen LogP contribution is -2.36. The maximum atomic E-state index is 13.0. The van der Waals surface area contributed by atoms with Gasteiger partial charge >= 0.3 is 0 Å². The molecule has 144 valence electrons. The van der Waals surface area contributed by atoms with E-state index in [9.17, 15) is 4.79 Å². The second-order valence-corrected chi connectivity index (χ2v) is 7.04. The quantitative estimate of drug-likeness (QED) is 0.726. The number of hydrogen-bond acceptors (Lipinski definition) is 4. The highest BCUT2D eigenvalue weighted by Crippen LogP contribution is 2.30. The Bertz CT molecular complexity index is 981. The van der Waals surface area contributed by atoms with Gasteiger partial charge in [-0.25, -0.2) is 4.68 Å². The second kappa shape index (κ2) is 8.04. The summed E-state index contributed by atoms with van der Waals surface area (Å²) in [7, 11) is 0. The Morgan fingerprint density at radius 3 is 2.64 bits per heavy atom. The minimum Gasteiger partial charge on any atom is -0.378 e. The first-order valence-electron chi connectivity index (χ1n) is 9.17. The summed E-state index contributed by atoms with van der Waals surface area (Å²) in [5, 5.41) is 7.97. The SMILES string of the molecule is Cc1c(C(=O)Nc2cc(Cl)ccc2N2CCOCC2)cnn1-c1ccccc1. The highest BCUT2D eigenvalue weighted by Gasteiger charge is 2.20. The van der Waals surface area contributed by atoms with E-state index in [0.717, 1.165) is 30.2 Å². The molecule has 3 aromatic rings. The van der Waals surface area contributed by atoms with E-state index < -0.39 is 0 Å². The van der Waals surface area contributed by atoms with E-state index in [1.165, 1.54) is 0 Å². The van der Waals surface area contributed by atoms with Crippen molar-refractivity contribution in [3.8, 4) is 5.69 Å². The van der Waals surface area contributed by atoms with Gasteiger partial charge in [0.25, 0.3) is 5.91 Å². The number of morpholine rings is 1. The first kappa shape index (κ1) is 18.5. The van der Waals surface area contributed by atoms with Gasteiger partial charge in [-0.15, -0.1) is 0 Å². The molecule has 1 amide bonds. The van der Waals surface area contributed by atoms with Gasteiger partial charge in [-0.05, 0) is 37.3 Å². The van der Waals surface area contributed by atoms with Crippen LogP contribution in [0.5, 0.6) is 0 Å². The maximum Gasteiger partial charge on any atom is 0.259 e. The number of ether oxygens (including phenoxy) is 1. The Kier molecular flexibility index (Phi) is 5.32. The number of rotatable bonds is 4. The molecule has 2 heterocycles. The average Bonchev–Trinajstić information content (AvgIpc) is 3.11. The zero-order chi connectivity index (χ0) is 19.5. The zero-order valence-corrected chi connectivity index (χ0v) is 16.3. The Labute approximate surface area is 168 Å². The van der Waals surface area contributed by atoms with E-state index in [1.54, 1.807) is 16.9 Å². The van der Waals surface area contributed by atoms with Gasteiger partial charge in [0.05, 0.1) is 47.7 Å². The van der Waals surface area contributed by atoms with Crippen molar-refractivity contribution in [2.75, 3.05) is 36.5 Å². The fourth-order valence-corrected chi connectivity index (χ4v) is 3.51. The number of aromatic nitrogens is 2. The highest BCUT2D eigenvalue weighted by atomic mass is 35.5. The van der Waals surface area contributed by atoms with Gasteiger partial charge in [0.15, 0.2) is 0 Å². The topological polar surface area (TPSA) is 59.4 Å². The first-order valence-corrected chi connectivity index (χ1v) is 9.55. The van der Waals surface area contributed by atoms with Crippen LogP contribution in [0.25, 0.3) is 5.69 Å². The van der Waals surface area contributed by atoms with Crippen LogP contribution in [0.3, 0.4) is 0 Å². The van der Waals surface area contributed by atoms with Crippen LogP contribution >= 0.6 is 11.6 Å². The van der Waals surface area contributed by atoms with Crippen LogP contribution in [0.15, 0.2) is 54.7 Å². The Morgan fingerprint density at radius 1 is 1.14 bits per heavy atom. The summed E-state index contributed by atoms with van der Waals surface area (Å²) in [5.74, 6) is -0.212. The number of carbonyl (C=O) groups is 1. The molecule has 7 heteroatoms. The Hall–Kier alpha value is -2.83. The number of hydrogen-bond donors (Lipinski definition) is 1. The minimum absolute atomic E-state index is 0.212. The Balaban J connectivity index is 1.61. The number of carbonyl (C=O) groups excluding carboxylic acids is 1. The van der Waals surface area contributed by atoms with Gasteiger partial charge in [0.2, 0.25) is 0 Å². The molecule has 0 atom stereocenters. The van der Waals surface area contributed by atoms with Crippen molar-refractivity contribution >= 4 is 28.9 Å². The average molecular weight is 397 g/mol. The number of anilines is 2. The van der Waals surface area contributed by atoms with Crippen molar-refractivity contribution in [1.29, 1.82) is 0 Å². The zero-order valence-electron chi connectivity index (χ0n) is 15.6. The predicted molar refractivity (Wildman–Crippen MR) is 111 cm³/mol. The molecule has 2 aromatic carbocycles. The van der Waals surface area contributed by atoms with E-state index >= 15 is 0 Å². The highest BCUT2D eigenvalue weighted by molar-refractivity contribution is 6.31. The van der Waals surface area contributed by atoms with E-state index in [0.29, 0.717) is 29.5 Å². The number of amides is 1. The van der Waals surface area contributed by atoms with Crippen molar-refractivity contribution in [2.24, 2.45) is 0 Å². The van der Waals surface area contributed by atoms with Crippen LogP contribution in [-0.2, 0) is 4.74 Å². The standard InChI is InChI=1S/C21H21ClN4O2/c1-15-18(14-23-26(15)17-5-3-2-4-6-17)21(27)24-19-13-16(22)7-8-20(19)25-9-11-28-12-10-25/h2-8,13-14H,9-12H2,1H3,(H,24,27). The van der Waals surface area contributed by atoms with Crippen molar-refractivity contribution in [3.05, 3.63) is 71.0 Å². The van der Waals surface area contributed by atoms with Gasteiger partial charge in [0.1, 0.15) is 0 Å². The summed E-state index contributed by atoms with van der Waals surface area (Å²) in [6.45, 7) is 4.76. The molecule has 0 bridgehead atoms. The second-order valence-electron chi connectivity index (χ2n) is 6.61. The molecule has 0 radical (unpaired) electrons. The number of nitrogens with one attached hydrogen (secondary N) is 1. The van der Waals surface area contributed by atoms with Gasteiger partial charge in [-0.1, -0.05) is 29.8 Å². The monoisotopic (exact) mass is 396 g/mol. The van der Waals surface area contributed by atoms with Crippen LogP contribution in [0.1, 0.15) is 16.1 Å². The summed E-state index contributed by atoms with van der Waals surface area (Å²) >= 11 is 6.19. The molecule has 1 aliphatic rings. The van der Waals surface area contributed by atoms with Gasteiger partial charge in [-0.3, -0.25) is 4.79 Å². The van der Waals surface area contributed by atoms with Crippen LogP contribution in [0.2, 0.25) is 5.02 Å². The number of halogens is 1. The summed E-state index contributed by atoms with van der Waals surface area (Å²) in [6.07, 6.45) is 1.59. The normalized spacial score (nSPS) is 14.1.